The molecule has 0 radical (unpaired) electrons. The number of hydrogen-bond donors (Lipinski definition) is 2. The molecule has 0 saturated heterocycles. The molecular weight excluding hydrogens is 570 g/mol. The number of pyridine rings is 1. The first-order valence-corrected chi connectivity index (χ1v) is 13.6. The molecule has 0 aliphatic heterocycles. The molecule has 1 unspecified atom stereocenters. The molecule has 9 nitrogen and oxygen atoms in total. The third kappa shape index (κ3) is 4.91. The molecule has 3 aromatic carbocycles. The number of oxazole rings is 1. The van der Waals surface area contributed by atoms with Crippen LogP contribution >= 0.6 is 0 Å². The number of furan rings is 1. The molecule has 222 valence electrons. The number of nitrogens with one attached hydrogen (secondary N) is 2. The van der Waals surface area contributed by atoms with Gasteiger partial charge in [-0.25, -0.2) is 13.8 Å². The summed E-state index contributed by atoms with van der Waals surface area (Å²) in [6.07, 6.45) is 3.15. The Bertz CT molecular complexity index is 2030. The van der Waals surface area contributed by atoms with Gasteiger partial charge in [0.1, 0.15) is 40.3 Å². The molecule has 2 N–H and O–H groups in total. The van der Waals surface area contributed by atoms with Crippen LogP contribution in [0, 0.1) is 18.6 Å². The Balaban J connectivity index is 1.43. The maximum atomic E-state index is 16.5. The van der Waals surface area contributed by atoms with Gasteiger partial charge < -0.3 is 24.2 Å². The average Bonchev–Trinajstić information content (AvgIpc) is 3.64. The number of hydrogen-bond acceptors (Lipinski definition) is 7. The lowest BCUT2D eigenvalue weighted by Gasteiger charge is -2.16. The fraction of sp³-hybridized carbons (Fsp3) is 0.152. The molecule has 3 aromatic heterocycles. The first kappa shape index (κ1) is 28.5. The number of halogens is 2. The van der Waals surface area contributed by atoms with Gasteiger partial charge >= 0.3 is 0 Å². The first-order chi connectivity index (χ1) is 21.2. The molecule has 3 heterocycles. The number of methoxy groups -OCH3 is 1. The monoisotopic (exact) mass is 596 g/mol. The molecule has 11 heteroatoms. The Kier molecular flexibility index (Phi) is 7.30. The number of carbonyl (C=O) groups is 2. The number of aromatic nitrogens is 2. The van der Waals surface area contributed by atoms with Crippen molar-refractivity contribution in [3.63, 3.8) is 0 Å². The largest absolute Gasteiger partial charge is 0.496 e. The summed E-state index contributed by atoms with van der Waals surface area (Å²) in [5.74, 6) is -1.57. The van der Waals surface area contributed by atoms with E-state index in [9.17, 15) is 14.0 Å². The molecule has 0 fully saturated rings. The second-order valence-electron chi connectivity index (χ2n) is 10.2. The summed E-state index contributed by atoms with van der Waals surface area (Å²) in [6.45, 7) is 3.49. The molecule has 1 atom stereocenters. The van der Waals surface area contributed by atoms with Crippen molar-refractivity contribution in [1.82, 2.24) is 20.6 Å². The third-order valence-corrected chi connectivity index (χ3v) is 7.36. The molecule has 0 aliphatic rings. The number of aryl methyl sites for hydroxylation is 1. The summed E-state index contributed by atoms with van der Waals surface area (Å²) < 4.78 is 47.3. The molecule has 0 spiro atoms. The lowest BCUT2D eigenvalue weighted by Crippen LogP contribution is -2.27. The SMILES string of the molecule is CNC(=O)c1c(-c2ccc(F)cc2)oc2ccc(-c3cc(C(=O)NC(C)c4nc5cnccc5o4)c(OC)cc3C)c(F)c12. The summed E-state index contributed by atoms with van der Waals surface area (Å²) in [5.41, 5.74) is 2.94. The average molecular weight is 597 g/mol. The zero-order chi connectivity index (χ0) is 31.1. The van der Waals surface area contributed by atoms with Crippen LogP contribution in [0.15, 0.2) is 75.8 Å². The van der Waals surface area contributed by atoms with Crippen LogP contribution in [0.3, 0.4) is 0 Å². The van der Waals surface area contributed by atoms with Gasteiger partial charge in [0.2, 0.25) is 5.89 Å². The standard InChI is InChI=1S/C33H26F2N4O5/c1-16-13-26(42-4)22(31(40)38-17(2)33-39-23-15-37-12-11-24(23)44-33)14-21(16)20-9-10-25-27(29(20)35)28(32(41)36-3)30(43-25)18-5-7-19(34)8-6-18/h5-15,17H,1-4H3,(H,36,41)(H,38,40). The summed E-state index contributed by atoms with van der Waals surface area (Å²) in [5, 5.41) is 5.36. The van der Waals surface area contributed by atoms with Crippen LogP contribution in [0.1, 0.15) is 45.1 Å². The Hall–Kier alpha value is -5.58. The molecule has 0 saturated carbocycles. The number of ether oxygens (including phenoxy) is 1. The molecule has 0 bridgehead atoms. The van der Waals surface area contributed by atoms with Crippen LogP contribution in [0.25, 0.3) is 44.5 Å². The summed E-state index contributed by atoms with van der Waals surface area (Å²) in [7, 11) is 2.86. The Labute approximate surface area is 249 Å². The third-order valence-electron chi connectivity index (χ3n) is 7.36. The van der Waals surface area contributed by atoms with E-state index in [1.807, 2.05) is 0 Å². The number of rotatable bonds is 7. The Morgan fingerprint density at radius 3 is 2.43 bits per heavy atom. The van der Waals surface area contributed by atoms with E-state index < -0.39 is 29.5 Å². The minimum Gasteiger partial charge on any atom is -0.496 e. The van der Waals surface area contributed by atoms with Crippen LogP contribution in [0.2, 0.25) is 0 Å². The van der Waals surface area contributed by atoms with E-state index in [-0.39, 0.29) is 39.2 Å². The molecular formula is C33H26F2N4O5. The molecule has 0 aliphatic carbocycles. The topological polar surface area (TPSA) is 119 Å². The highest BCUT2D eigenvalue weighted by Crippen LogP contribution is 2.40. The number of carbonyl (C=O) groups excluding carboxylic acids is 2. The lowest BCUT2D eigenvalue weighted by atomic mass is 9.94. The number of amides is 2. The minimum atomic E-state index is -0.716. The minimum absolute atomic E-state index is 0.0278. The van der Waals surface area contributed by atoms with Crippen LogP contribution in [-0.2, 0) is 0 Å². The van der Waals surface area contributed by atoms with Crippen molar-refractivity contribution in [3.05, 3.63) is 101 Å². The number of fused-ring (bicyclic) bond motifs is 2. The molecule has 6 aromatic rings. The maximum Gasteiger partial charge on any atom is 0.255 e. The van der Waals surface area contributed by atoms with Crippen LogP contribution in [-0.4, -0.2) is 35.9 Å². The van der Waals surface area contributed by atoms with Crippen molar-refractivity contribution in [2.75, 3.05) is 14.2 Å². The van der Waals surface area contributed by atoms with Gasteiger partial charge in [0, 0.05) is 30.4 Å². The smallest absolute Gasteiger partial charge is 0.255 e. The van der Waals surface area contributed by atoms with Crippen LogP contribution < -0.4 is 15.4 Å². The fourth-order valence-electron chi connectivity index (χ4n) is 5.14. The summed E-state index contributed by atoms with van der Waals surface area (Å²) in [4.78, 5) is 35.0. The normalized spacial score (nSPS) is 12.0. The van der Waals surface area contributed by atoms with Gasteiger partial charge in [0.15, 0.2) is 5.58 Å². The van der Waals surface area contributed by atoms with Crippen molar-refractivity contribution in [2.24, 2.45) is 0 Å². The van der Waals surface area contributed by atoms with E-state index in [1.54, 1.807) is 44.4 Å². The Morgan fingerprint density at radius 1 is 0.955 bits per heavy atom. The van der Waals surface area contributed by atoms with Crippen molar-refractivity contribution in [1.29, 1.82) is 0 Å². The van der Waals surface area contributed by atoms with Gasteiger partial charge in [-0.15, -0.1) is 0 Å². The lowest BCUT2D eigenvalue weighted by molar-refractivity contribution is 0.0929. The fourth-order valence-corrected chi connectivity index (χ4v) is 5.14. The maximum absolute atomic E-state index is 16.5. The molecule has 44 heavy (non-hydrogen) atoms. The van der Waals surface area contributed by atoms with Gasteiger partial charge in [0.05, 0.1) is 29.8 Å². The zero-order valence-electron chi connectivity index (χ0n) is 24.1. The van der Waals surface area contributed by atoms with E-state index in [0.29, 0.717) is 33.7 Å². The van der Waals surface area contributed by atoms with Gasteiger partial charge in [-0.3, -0.25) is 14.6 Å². The van der Waals surface area contributed by atoms with Crippen molar-refractivity contribution >= 4 is 33.9 Å². The Morgan fingerprint density at radius 2 is 1.73 bits per heavy atom. The first-order valence-electron chi connectivity index (χ1n) is 13.6. The van der Waals surface area contributed by atoms with Crippen molar-refractivity contribution in [2.45, 2.75) is 19.9 Å². The van der Waals surface area contributed by atoms with Gasteiger partial charge in [-0.2, -0.15) is 0 Å². The van der Waals surface area contributed by atoms with Crippen molar-refractivity contribution < 1.29 is 31.9 Å². The second kappa shape index (κ2) is 11.3. The number of nitrogens with zero attached hydrogens (tertiary/aromatic N) is 2. The summed E-state index contributed by atoms with van der Waals surface area (Å²) in [6, 6.07) is 12.7. The van der Waals surface area contributed by atoms with Crippen molar-refractivity contribution in [3.8, 4) is 28.2 Å². The predicted molar refractivity (Wildman–Crippen MR) is 159 cm³/mol. The summed E-state index contributed by atoms with van der Waals surface area (Å²) >= 11 is 0. The van der Waals surface area contributed by atoms with Crippen LogP contribution in [0.5, 0.6) is 5.75 Å². The van der Waals surface area contributed by atoms with Crippen LogP contribution in [0.4, 0.5) is 8.78 Å². The van der Waals surface area contributed by atoms with Gasteiger partial charge in [-0.05, 0) is 73.5 Å². The quantitative estimate of drug-likeness (QED) is 0.209. The van der Waals surface area contributed by atoms with E-state index in [2.05, 4.69) is 20.6 Å². The van der Waals surface area contributed by atoms with E-state index in [4.69, 9.17) is 13.6 Å². The van der Waals surface area contributed by atoms with E-state index in [1.165, 1.54) is 50.6 Å². The van der Waals surface area contributed by atoms with Gasteiger partial charge in [0.25, 0.3) is 11.8 Å². The molecule has 2 amide bonds. The zero-order valence-corrected chi connectivity index (χ0v) is 24.1. The van der Waals surface area contributed by atoms with Gasteiger partial charge in [-0.1, -0.05) is 0 Å². The van der Waals surface area contributed by atoms with E-state index in [0.717, 1.165) is 0 Å². The highest BCUT2D eigenvalue weighted by Gasteiger charge is 2.27. The predicted octanol–water partition coefficient (Wildman–Crippen LogP) is 6.75. The number of benzene rings is 3. The highest BCUT2D eigenvalue weighted by atomic mass is 19.1. The molecule has 6 rings (SSSR count). The highest BCUT2D eigenvalue weighted by molar-refractivity contribution is 6.12. The van der Waals surface area contributed by atoms with E-state index >= 15 is 4.39 Å². The second-order valence-corrected chi connectivity index (χ2v) is 10.2.